The topological polar surface area (TPSA) is 75.8 Å². The first-order valence-electron chi connectivity index (χ1n) is 10.2. The molecule has 6 nitrogen and oxygen atoms in total. The average Bonchev–Trinajstić information content (AvgIpc) is 3.12. The van der Waals surface area contributed by atoms with Crippen LogP contribution in [-0.4, -0.2) is 27.4 Å². The van der Waals surface area contributed by atoms with Gasteiger partial charge in [-0.2, -0.15) is 0 Å². The summed E-state index contributed by atoms with van der Waals surface area (Å²) in [4.78, 5) is 32.2. The van der Waals surface area contributed by atoms with Crippen molar-refractivity contribution in [2.75, 3.05) is 6.54 Å². The molecule has 0 atom stereocenters. The highest BCUT2D eigenvalue weighted by atomic mass is 79.9. The van der Waals surface area contributed by atoms with Gasteiger partial charge in [-0.1, -0.05) is 41.0 Å². The molecular weight excluding hydrogens is 593 g/mol. The third-order valence-electron chi connectivity index (χ3n) is 4.85. The molecule has 0 N–H and O–H groups in total. The summed E-state index contributed by atoms with van der Waals surface area (Å²) in [7, 11) is 0. The van der Waals surface area contributed by atoms with Crippen LogP contribution in [0.15, 0.2) is 84.8 Å². The van der Waals surface area contributed by atoms with Crippen LogP contribution in [0, 0.1) is 10.1 Å². The van der Waals surface area contributed by atoms with Gasteiger partial charge in [0.2, 0.25) is 0 Å². The Morgan fingerprint density at radius 2 is 1.89 bits per heavy atom. The van der Waals surface area contributed by atoms with Crippen molar-refractivity contribution < 1.29 is 9.72 Å². The highest BCUT2D eigenvalue weighted by molar-refractivity contribution is 9.10. The van der Waals surface area contributed by atoms with Gasteiger partial charge in [0, 0.05) is 27.0 Å². The quantitative estimate of drug-likeness (QED) is 0.159. The number of hydrogen-bond acceptors (Lipinski definition) is 6. The van der Waals surface area contributed by atoms with Crippen molar-refractivity contribution in [3.63, 3.8) is 0 Å². The van der Waals surface area contributed by atoms with Gasteiger partial charge in [0.15, 0.2) is 5.17 Å². The van der Waals surface area contributed by atoms with E-state index in [1.54, 1.807) is 65.6 Å². The summed E-state index contributed by atoms with van der Waals surface area (Å²) in [6.45, 7) is 2.29. The molecule has 11 heteroatoms. The first-order valence-corrected chi connectivity index (χ1v) is 13.4. The van der Waals surface area contributed by atoms with E-state index in [-0.39, 0.29) is 11.6 Å². The number of aliphatic imine (C=N–C) groups is 1. The van der Waals surface area contributed by atoms with E-state index in [1.165, 1.54) is 29.6 Å². The highest BCUT2D eigenvalue weighted by Crippen LogP contribution is 2.38. The van der Waals surface area contributed by atoms with E-state index in [9.17, 15) is 14.9 Å². The molecule has 0 spiro atoms. The SMILES string of the molecule is CCN1C(=O)/C(=C\c2ccc(Sc3ccc(Cl)cc3)c([N+](=O)[O-])c2)SC1=Nc1ccc(Br)c(Cl)c1. The van der Waals surface area contributed by atoms with E-state index in [0.29, 0.717) is 42.8 Å². The number of thioether (sulfide) groups is 1. The molecular formula is C24H16BrCl2N3O3S2. The molecule has 178 valence electrons. The molecule has 1 aliphatic heterocycles. The van der Waals surface area contributed by atoms with Crippen LogP contribution < -0.4 is 0 Å². The molecule has 1 heterocycles. The molecule has 4 rings (SSSR count). The lowest BCUT2D eigenvalue weighted by Crippen LogP contribution is -2.28. The fourth-order valence-electron chi connectivity index (χ4n) is 3.17. The Kier molecular flexibility index (Phi) is 8.23. The smallest absolute Gasteiger partial charge is 0.283 e. The summed E-state index contributed by atoms with van der Waals surface area (Å²) in [5.74, 6) is -0.207. The number of nitro groups is 1. The normalized spacial score (nSPS) is 15.9. The fourth-order valence-corrected chi connectivity index (χ4v) is 5.68. The summed E-state index contributed by atoms with van der Waals surface area (Å²) in [5, 5.41) is 13.4. The van der Waals surface area contributed by atoms with E-state index in [2.05, 4.69) is 20.9 Å². The zero-order chi connectivity index (χ0) is 25.1. The largest absolute Gasteiger partial charge is 0.287 e. The van der Waals surface area contributed by atoms with Gasteiger partial charge in [0.05, 0.1) is 25.4 Å². The van der Waals surface area contributed by atoms with Crippen molar-refractivity contribution in [3.05, 3.63) is 95.8 Å². The molecule has 1 aliphatic rings. The first kappa shape index (κ1) is 25.8. The Morgan fingerprint density at radius 1 is 1.14 bits per heavy atom. The van der Waals surface area contributed by atoms with Crippen LogP contribution in [-0.2, 0) is 4.79 Å². The van der Waals surface area contributed by atoms with Gasteiger partial charge < -0.3 is 0 Å². The van der Waals surface area contributed by atoms with Gasteiger partial charge >= 0.3 is 0 Å². The van der Waals surface area contributed by atoms with Crippen molar-refractivity contribution in [2.24, 2.45) is 4.99 Å². The van der Waals surface area contributed by atoms with Crippen LogP contribution in [0.1, 0.15) is 12.5 Å². The monoisotopic (exact) mass is 607 g/mol. The summed E-state index contributed by atoms with van der Waals surface area (Å²) in [5.41, 5.74) is 1.13. The van der Waals surface area contributed by atoms with Crippen molar-refractivity contribution in [1.82, 2.24) is 4.90 Å². The molecule has 0 aliphatic carbocycles. The maximum absolute atomic E-state index is 13.0. The number of carbonyl (C=O) groups excluding carboxylic acids is 1. The Balaban J connectivity index is 1.63. The lowest BCUT2D eigenvalue weighted by molar-refractivity contribution is -0.387. The zero-order valence-electron chi connectivity index (χ0n) is 18.1. The Hall–Kier alpha value is -2.30. The number of rotatable bonds is 6. The number of nitrogens with zero attached hydrogens (tertiary/aromatic N) is 3. The van der Waals surface area contributed by atoms with Crippen LogP contribution in [0.3, 0.4) is 0 Å². The predicted octanol–water partition coefficient (Wildman–Crippen LogP) is 8.44. The number of halogens is 3. The first-order chi connectivity index (χ1) is 16.7. The standard InChI is InChI=1S/C24H16BrCl2N3O3S2/c1-2-29-23(31)22(35-24(29)28-16-6-9-18(25)19(27)13-16)12-14-3-10-21(20(11-14)30(32)33)34-17-7-4-15(26)5-8-17/h3-13H,2H2,1H3/b22-12+,28-24?. The Bertz CT molecular complexity index is 1380. The van der Waals surface area contributed by atoms with Crippen LogP contribution in [0.25, 0.3) is 6.08 Å². The maximum Gasteiger partial charge on any atom is 0.283 e. The van der Waals surface area contributed by atoms with Gasteiger partial charge in [-0.25, -0.2) is 4.99 Å². The molecule has 0 radical (unpaired) electrons. The van der Waals surface area contributed by atoms with Crippen LogP contribution in [0.2, 0.25) is 10.0 Å². The van der Waals surface area contributed by atoms with Gasteiger partial charge in [-0.05, 0) is 94.8 Å². The summed E-state index contributed by atoms with van der Waals surface area (Å²) < 4.78 is 0.755. The molecule has 0 bridgehead atoms. The van der Waals surface area contributed by atoms with E-state index >= 15 is 0 Å². The maximum atomic E-state index is 13.0. The second-order valence-corrected chi connectivity index (χ2v) is 11.0. The molecule has 0 saturated carbocycles. The second-order valence-electron chi connectivity index (χ2n) is 7.19. The van der Waals surface area contributed by atoms with Crippen molar-refractivity contribution in [3.8, 4) is 0 Å². The van der Waals surface area contributed by atoms with Gasteiger partial charge in [-0.3, -0.25) is 19.8 Å². The van der Waals surface area contributed by atoms with E-state index in [0.717, 1.165) is 9.37 Å². The lowest BCUT2D eigenvalue weighted by atomic mass is 10.2. The summed E-state index contributed by atoms with van der Waals surface area (Å²) >= 11 is 17.9. The van der Waals surface area contributed by atoms with Crippen LogP contribution in [0.5, 0.6) is 0 Å². The number of amidine groups is 1. The van der Waals surface area contributed by atoms with Crippen molar-refractivity contribution >= 4 is 91.2 Å². The Morgan fingerprint density at radius 3 is 2.54 bits per heavy atom. The molecule has 1 fully saturated rings. The van der Waals surface area contributed by atoms with E-state index < -0.39 is 4.92 Å². The molecule has 35 heavy (non-hydrogen) atoms. The highest BCUT2D eigenvalue weighted by Gasteiger charge is 2.32. The van der Waals surface area contributed by atoms with Crippen LogP contribution >= 0.6 is 62.7 Å². The average molecular weight is 609 g/mol. The van der Waals surface area contributed by atoms with E-state index in [4.69, 9.17) is 23.2 Å². The molecule has 1 amide bonds. The number of nitro benzene ring substituents is 1. The number of hydrogen-bond donors (Lipinski definition) is 0. The summed E-state index contributed by atoms with van der Waals surface area (Å²) in [6.07, 6.45) is 1.65. The molecule has 3 aromatic rings. The molecule has 3 aromatic carbocycles. The molecule has 0 aromatic heterocycles. The van der Waals surface area contributed by atoms with E-state index in [1.807, 2.05) is 6.92 Å². The third-order valence-corrected chi connectivity index (χ3v) is 8.42. The van der Waals surface area contributed by atoms with Crippen molar-refractivity contribution in [1.29, 1.82) is 0 Å². The predicted molar refractivity (Wildman–Crippen MR) is 148 cm³/mol. The fraction of sp³-hybridized carbons (Fsp3) is 0.0833. The molecule has 0 unspecified atom stereocenters. The van der Waals surface area contributed by atoms with Crippen LogP contribution in [0.4, 0.5) is 11.4 Å². The third kappa shape index (κ3) is 6.10. The van der Waals surface area contributed by atoms with Gasteiger partial charge in [-0.15, -0.1) is 0 Å². The number of benzene rings is 3. The lowest BCUT2D eigenvalue weighted by Gasteiger charge is -2.12. The summed E-state index contributed by atoms with van der Waals surface area (Å²) in [6, 6.07) is 17.3. The second kappa shape index (κ2) is 11.2. The zero-order valence-corrected chi connectivity index (χ0v) is 22.8. The van der Waals surface area contributed by atoms with Gasteiger partial charge in [0.1, 0.15) is 0 Å². The minimum absolute atomic E-state index is 0.0412. The number of carbonyl (C=O) groups is 1. The Labute approximate surface area is 228 Å². The van der Waals surface area contributed by atoms with Crippen molar-refractivity contribution in [2.45, 2.75) is 16.7 Å². The number of likely N-dealkylation sites (N-methyl/N-ethyl adjacent to an activating group) is 1. The number of amides is 1. The minimum Gasteiger partial charge on any atom is -0.287 e. The molecule has 1 saturated heterocycles. The van der Waals surface area contributed by atoms with Gasteiger partial charge in [0.25, 0.3) is 11.6 Å². The minimum atomic E-state index is -0.424.